The predicted octanol–water partition coefficient (Wildman–Crippen LogP) is 2.47. The molecule has 138 valence electrons. The van der Waals surface area contributed by atoms with Gasteiger partial charge >= 0.3 is 18.2 Å². The van der Waals surface area contributed by atoms with Gasteiger partial charge in [-0.1, -0.05) is 23.7 Å². The number of hydrogen-bond donors (Lipinski definition) is 2. The van der Waals surface area contributed by atoms with Crippen molar-refractivity contribution in [3.63, 3.8) is 0 Å². The van der Waals surface area contributed by atoms with E-state index >= 15 is 0 Å². The molecule has 1 fully saturated rings. The van der Waals surface area contributed by atoms with Crippen molar-refractivity contribution >= 4 is 23.6 Å². The molecule has 6 nitrogen and oxygen atoms in total. The second-order valence-corrected chi connectivity index (χ2v) is 5.93. The Kier molecular flexibility index (Phi) is 5.19. The van der Waals surface area contributed by atoms with Crippen molar-refractivity contribution in [3.8, 4) is 0 Å². The molecule has 1 aromatic carbocycles. The third-order valence-electron chi connectivity index (χ3n) is 4.05. The number of amides is 2. The third-order valence-corrected chi connectivity index (χ3v) is 4.30. The highest BCUT2D eigenvalue weighted by atomic mass is 35.5. The number of ether oxygens (including phenoxy) is 1. The molecule has 1 saturated heterocycles. The maximum absolute atomic E-state index is 13.7. The van der Waals surface area contributed by atoms with Crippen molar-refractivity contribution in [1.82, 2.24) is 10.2 Å². The SMILES string of the molecule is CCOC(=O)[C@H]1[C@@H](c2ccc(Cl)cc2)NC(=O)N(C)[C@@]1(O)C(F)(F)F. The number of carbonyl (C=O) groups excluding carboxylic acids is 2. The van der Waals surface area contributed by atoms with Crippen molar-refractivity contribution in [2.24, 2.45) is 5.92 Å². The number of nitrogens with zero attached hydrogens (tertiary/aromatic N) is 1. The van der Waals surface area contributed by atoms with Gasteiger partial charge in [0.05, 0.1) is 12.6 Å². The van der Waals surface area contributed by atoms with Crippen molar-refractivity contribution in [1.29, 1.82) is 0 Å². The van der Waals surface area contributed by atoms with Crippen LogP contribution >= 0.6 is 11.6 Å². The number of halogens is 4. The van der Waals surface area contributed by atoms with Crippen LogP contribution in [0.2, 0.25) is 5.02 Å². The molecule has 1 heterocycles. The number of carbonyl (C=O) groups is 2. The fraction of sp³-hybridized carbons (Fsp3) is 0.467. The first kappa shape index (κ1) is 19.3. The monoisotopic (exact) mass is 380 g/mol. The van der Waals surface area contributed by atoms with E-state index in [0.29, 0.717) is 5.02 Å². The molecule has 0 aromatic heterocycles. The summed E-state index contributed by atoms with van der Waals surface area (Å²) >= 11 is 5.76. The first-order valence-electron chi connectivity index (χ1n) is 7.29. The molecule has 1 aliphatic heterocycles. The Bertz CT molecular complexity index is 668. The van der Waals surface area contributed by atoms with Gasteiger partial charge in [-0.05, 0) is 24.6 Å². The van der Waals surface area contributed by atoms with Gasteiger partial charge in [0, 0.05) is 12.1 Å². The van der Waals surface area contributed by atoms with E-state index in [1.165, 1.54) is 31.2 Å². The summed E-state index contributed by atoms with van der Waals surface area (Å²) in [5, 5.41) is 13.0. The lowest BCUT2D eigenvalue weighted by molar-refractivity contribution is -0.328. The first-order valence-corrected chi connectivity index (χ1v) is 7.67. The van der Waals surface area contributed by atoms with Crippen LogP contribution in [0.4, 0.5) is 18.0 Å². The summed E-state index contributed by atoms with van der Waals surface area (Å²) in [5.41, 5.74) is -3.56. The largest absolute Gasteiger partial charge is 0.466 e. The van der Waals surface area contributed by atoms with Crippen molar-refractivity contribution in [2.75, 3.05) is 13.7 Å². The highest BCUT2D eigenvalue weighted by molar-refractivity contribution is 6.30. The first-order chi connectivity index (χ1) is 11.5. The summed E-state index contributed by atoms with van der Waals surface area (Å²) in [6.45, 7) is 1.24. The summed E-state index contributed by atoms with van der Waals surface area (Å²) in [4.78, 5) is 24.3. The van der Waals surface area contributed by atoms with Gasteiger partial charge in [-0.3, -0.25) is 9.69 Å². The minimum Gasteiger partial charge on any atom is -0.466 e. The van der Waals surface area contributed by atoms with Crippen molar-refractivity contribution in [2.45, 2.75) is 24.9 Å². The van der Waals surface area contributed by atoms with Gasteiger partial charge in [0.1, 0.15) is 5.92 Å². The second-order valence-electron chi connectivity index (χ2n) is 5.49. The topological polar surface area (TPSA) is 78.9 Å². The van der Waals surface area contributed by atoms with Gasteiger partial charge in [-0.25, -0.2) is 4.79 Å². The highest BCUT2D eigenvalue weighted by Gasteiger charge is 2.69. The Morgan fingerprint density at radius 1 is 1.40 bits per heavy atom. The van der Waals surface area contributed by atoms with Crippen LogP contribution in [-0.2, 0) is 9.53 Å². The molecule has 2 N–H and O–H groups in total. The molecule has 0 unspecified atom stereocenters. The quantitative estimate of drug-likeness (QED) is 0.790. The van der Waals surface area contributed by atoms with Gasteiger partial charge < -0.3 is 15.2 Å². The normalized spacial score (nSPS) is 27.0. The predicted molar refractivity (Wildman–Crippen MR) is 81.6 cm³/mol. The van der Waals surface area contributed by atoms with E-state index in [-0.39, 0.29) is 17.1 Å². The molecule has 2 amide bonds. The number of urea groups is 1. The second kappa shape index (κ2) is 6.72. The molecule has 2 rings (SSSR count). The van der Waals surface area contributed by atoms with E-state index in [2.05, 4.69) is 5.32 Å². The van der Waals surface area contributed by atoms with E-state index in [1.54, 1.807) is 0 Å². The zero-order chi connectivity index (χ0) is 19.0. The van der Waals surface area contributed by atoms with Crippen LogP contribution in [0, 0.1) is 5.92 Å². The van der Waals surface area contributed by atoms with Crippen LogP contribution in [0.5, 0.6) is 0 Å². The zero-order valence-corrected chi connectivity index (χ0v) is 14.1. The number of esters is 1. The van der Waals surface area contributed by atoms with Crippen LogP contribution in [0.15, 0.2) is 24.3 Å². The fourth-order valence-corrected chi connectivity index (χ4v) is 2.88. The lowest BCUT2D eigenvalue weighted by Crippen LogP contribution is -2.73. The molecule has 10 heteroatoms. The fourth-order valence-electron chi connectivity index (χ4n) is 2.75. The molecule has 0 spiro atoms. The van der Waals surface area contributed by atoms with Crippen molar-refractivity contribution in [3.05, 3.63) is 34.9 Å². The zero-order valence-electron chi connectivity index (χ0n) is 13.3. The molecule has 25 heavy (non-hydrogen) atoms. The van der Waals surface area contributed by atoms with Gasteiger partial charge in [-0.15, -0.1) is 0 Å². The lowest BCUT2D eigenvalue weighted by atomic mass is 9.81. The molecule has 1 aliphatic rings. The molecule has 0 aliphatic carbocycles. The van der Waals surface area contributed by atoms with Crippen LogP contribution in [0.25, 0.3) is 0 Å². The summed E-state index contributed by atoms with van der Waals surface area (Å²) in [6, 6.07) is 2.89. The van der Waals surface area contributed by atoms with E-state index in [9.17, 15) is 27.9 Å². The molecule has 0 saturated carbocycles. The van der Waals surface area contributed by atoms with Gasteiger partial charge in [0.25, 0.3) is 5.72 Å². The number of alkyl halides is 3. The lowest BCUT2D eigenvalue weighted by Gasteiger charge is -2.49. The Labute approximate surface area is 146 Å². The maximum atomic E-state index is 13.7. The van der Waals surface area contributed by atoms with E-state index in [1.807, 2.05) is 0 Å². The minimum atomic E-state index is -5.29. The van der Waals surface area contributed by atoms with E-state index in [4.69, 9.17) is 16.3 Å². The van der Waals surface area contributed by atoms with E-state index in [0.717, 1.165) is 7.05 Å². The third kappa shape index (κ3) is 3.25. The number of aliphatic hydroxyl groups is 1. The summed E-state index contributed by atoms with van der Waals surface area (Å²) in [7, 11) is 0.757. The Morgan fingerprint density at radius 2 is 1.96 bits per heavy atom. The van der Waals surface area contributed by atoms with Gasteiger partial charge in [-0.2, -0.15) is 13.2 Å². The molecule has 0 radical (unpaired) electrons. The molecule has 3 atom stereocenters. The number of nitrogens with one attached hydrogen (secondary N) is 1. The summed E-state index contributed by atoms with van der Waals surface area (Å²) in [6.07, 6.45) is -5.29. The molecule has 0 bridgehead atoms. The van der Waals surface area contributed by atoms with Crippen LogP contribution in [-0.4, -0.2) is 47.6 Å². The van der Waals surface area contributed by atoms with Crippen LogP contribution < -0.4 is 5.32 Å². The molecular formula is C15H16ClF3N2O4. The van der Waals surface area contributed by atoms with Gasteiger partial charge in [0.2, 0.25) is 0 Å². The Hall–Kier alpha value is -2.00. The van der Waals surface area contributed by atoms with E-state index < -0.39 is 35.9 Å². The average Bonchev–Trinajstić information content (AvgIpc) is 2.52. The van der Waals surface area contributed by atoms with Crippen LogP contribution in [0.3, 0.4) is 0 Å². The number of hydrogen-bond acceptors (Lipinski definition) is 4. The number of rotatable bonds is 3. The summed E-state index contributed by atoms with van der Waals surface area (Å²) in [5.74, 6) is -3.41. The van der Waals surface area contributed by atoms with Gasteiger partial charge in [0.15, 0.2) is 0 Å². The highest BCUT2D eigenvalue weighted by Crippen LogP contribution is 2.46. The number of benzene rings is 1. The van der Waals surface area contributed by atoms with Crippen LogP contribution in [0.1, 0.15) is 18.5 Å². The Morgan fingerprint density at radius 3 is 2.44 bits per heavy atom. The molecule has 1 aromatic rings. The minimum absolute atomic E-state index is 0.0566. The smallest absolute Gasteiger partial charge is 0.437 e. The van der Waals surface area contributed by atoms with Crippen molar-refractivity contribution < 1.29 is 32.6 Å². The molecular weight excluding hydrogens is 365 g/mol. The standard InChI is InChI=1S/C15H16ClF3N2O4/c1-3-25-12(22)10-11(8-4-6-9(16)7-5-8)20-13(23)21(2)14(10,24)15(17,18)19/h4-7,10-11,24H,3H2,1-2H3,(H,20,23)/t10-,11-,14+/m1/s1. The summed E-state index contributed by atoms with van der Waals surface area (Å²) < 4.78 is 45.7. The average molecular weight is 381 g/mol. The maximum Gasteiger partial charge on any atom is 0.437 e. The Balaban J connectivity index is 2.62.